The van der Waals surface area contributed by atoms with Crippen LogP contribution in [-0.2, 0) is 9.59 Å². The van der Waals surface area contributed by atoms with Gasteiger partial charge in [0.25, 0.3) is 0 Å². The molecular formula is C20H25N3O4. The first-order chi connectivity index (χ1) is 13.0. The van der Waals surface area contributed by atoms with Crippen LogP contribution in [0.5, 0.6) is 0 Å². The average molecular weight is 371 g/mol. The predicted molar refractivity (Wildman–Crippen MR) is 100 cm³/mol. The number of imide groups is 1. The molecule has 7 heteroatoms. The van der Waals surface area contributed by atoms with Gasteiger partial charge in [-0.3, -0.25) is 24.5 Å². The lowest BCUT2D eigenvalue weighted by Crippen LogP contribution is -2.47. The zero-order valence-electron chi connectivity index (χ0n) is 15.3. The molecular weight excluding hydrogens is 346 g/mol. The molecule has 0 aromatic heterocycles. The first-order valence-electron chi connectivity index (χ1n) is 9.51. The van der Waals surface area contributed by atoms with Gasteiger partial charge in [-0.1, -0.05) is 18.6 Å². The Morgan fingerprint density at radius 3 is 2.63 bits per heavy atom. The number of benzene rings is 1. The summed E-state index contributed by atoms with van der Waals surface area (Å²) in [5, 5.41) is 5.54. The third-order valence-electron chi connectivity index (χ3n) is 5.32. The molecule has 2 unspecified atom stereocenters. The zero-order chi connectivity index (χ0) is 19.4. The number of ketones is 2. The quantitative estimate of drug-likeness (QED) is 0.495. The second kappa shape index (κ2) is 8.43. The fourth-order valence-electron chi connectivity index (χ4n) is 3.87. The van der Waals surface area contributed by atoms with Crippen molar-refractivity contribution >= 4 is 29.1 Å². The Morgan fingerprint density at radius 1 is 1.07 bits per heavy atom. The van der Waals surface area contributed by atoms with E-state index >= 15 is 0 Å². The van der Waals surface area contributed by atoms with E-state index in [0.29, 0.717) is 36.3 Å². The Kier molecular flexibility index (Phi) is 6.01. The van der Waals surface area contributed by atoms with E-state index in [-0.39, 0.29) is 30.3 Å². The number of rotatable bonds is 7. The van der Waals surface area contributed by atoms with Crippen molar-refractivity contribution in [3.05, 3.63) is 29.3 Å². The molecule has 144 valence electrons. The molecule has 1 aliphatic heterocycles. The molecule has 4 N–H and O–H groups in total. The summed E-state index contributed by atoms with van der Waals surface area (Å²) in [6.45, 7) is 1.34. The number of carbonyl (C=O) groups is 4. The monoisotopic (exact) mass is 371 g/mol. The molecule has 0 saturated carbocycles. The Hall–Kier alpha value is -2.54. The molecule has 0 bridgehead atoms. The molecule has 0 spiro atoms. The lowest BCUT2D eigenvalue weighted by Gasteiger charge is -2.31. The minimum absolute atomic E-state index is 0.0120. The van der Waals surface area contributed by atoms with E-state index < -0.39 is 17.7 Å². The number of anilines is 1. The number of Topliss-reactive ketones (excluding diaryl/α,β-unsaturated/α-hetero) is 2. The van der Waals surface area contributed by atoms with E-state index in [9.17, 15) is 19.2 Å². The lowest BCUT2D eigenvalue weighted by molar-refractivity contribution is -0.137. The first kappa shape index (κ1) is 19.2. The maximum atomic E-state index is 13.2. The van der Waals surface area contributed by atoms with Gasteiger partial charge in [0.15, 0.2) is 11.6 Å². The topological polar surface area (TPSA) is 118 Å². The van der Waals surface area contributed by atoms with E-state index in [1.165, 1.54) is 0 Å². The highest BCUT2D eigenvalue weighted by atomic mass is 16.2. The number of unbranched alkanes of at least 4 members (excludes halogenated alkanes) is 2. The van der Waals surface area contributed by atoms with E-state index in [1.54, 1.807) is 18.2 Å². The van der Waals surface area contributed by atoms with Crippen LogP contribution in [0.15, 0.2) is 18.2 Å². The molecule has 1 heterocycles. The van der Waals surface area contributed by atoms with Gasteiger partial charge >= 0.3 is 0 Å². The van der Waals surface area contributed by atoms with Gasteiger partial charge in [0, 0.05) is 42.5 Å². The van der Waals surface area contributed by atoms with Gasteiger partial charge < -0.3 is 11.1 Å². The Morgan fingerprint density at radius 2 is 1.89 bits per heavy atom. The summed E-state index contributed by atoms with van der Waals surface area (Å²) in [5.74, 6) is -2.45. The average Bonchev–Trinajstić information content (AvgIpc) is 2.65. The van der Waals surface area contributed by atoms with Crippen LogP contribution in [0.2, 0.25) is 0 Å². The minimum atomic E-state index is -0.710. The predicted octanol–water partition coefficient (Wildman–Crippen LogP) is 1.67. The highest BCUT2D eigenvalue weighted by molar-refractivity contribution is 6.19. The van der Waals surface area contributed by atoms with Crippen molar-refractivity contribution in [2.75, 3.05) is 18.4 Å². The van der Waals surface area contributed by atoms with Gasteiger partial charge in [0.05, 0.1) is 5.56 Å². The molecule has 1 aliphatic carbocycles. The van der Waals surface area contributed by atoms with Gasteiger partial charge in [-0.25, -0.2) is 0 Å². The third kappa shape index (κ3) is 4.08. The van der Waals surface area contributed by atoms with E-state index in [4.69, 9.17) is 5.73 Å². The summed E-state index contributed by atoms with van der Waals surface area (Å²) in [6, 6.07) is 5.22. The van der Waals surface area contributed by atoms with Crippen molar-refractivity contribution in [1.82, 2.24) is 5.32 Å². The van der Waals surface area contributed by atoms with Gasteiger partial charge in [0.1, 0.15) is 0 Å². The van der Waals surface area contributed by atoms with Crippen LogP contribution in [0.3, 0.4) is 0 Å². The molecule has 1 saturated heterocycles. The SMILES string of the molecule is NCCCCCNc1cccc2c1C(=O)C(C1CCC(=O)NC1=O)CC2=O. The molecule has 1 aromatic rings. The number of carbonyl (C=O) groups excluding carboxylic acids is 4. The van der Waals surface area contributed by atoms with E-state index in [0.717, 1.165) is 19.3 Å². The van der Waals surface area contributed by atoms with Crippen molar-refractivity contribution in [3.63, 3.8) is 0 Å². The molecule has 3 rings (SSSR count). The van der Waals surface area contributed by atoms with Gasteiger partial charge in [-0.15, -0.1) is 0 Å². The highest BCUT2D eigenvalue weighted by Gasteiger charge is 2.43. The highest BCUT2D eigenvalue weighted by Crippen LogP contribution is 2.36. The van der Waals surface area contributed by atoms with Crippen LogP contribution < -0.4 is 16.4 Å². The molecule has 1 fully saturated rings. The largest absolute Gasteiger partial charge is 0.384 e. The number of hydrogen-bond donors (Lipinski definition) is 3. The molecule has 2 aliphatic rings. The summed E-state index contributed by atoms with van der Waals surface area (Å²) in [4.78, 5) is 49.4. The summed E-state index contributed by atoms with van der Waals surface area (Å²) in [5.41, 5.74) is 6.92. The molecule has 0 radical (unpaired) electrons. The van der Waals surface area contributed by atoms with Crippen LogP contribution in [0.1, 0.15) is 59.2 Å². The number of hydrogen-bond acceptors (Lipinski definition) is 6. The fourth-order valence-corrected chi connectivity index (χ4v) is 3.87. The molecule has 2 amide bonds. The minimum Gasteiger partial charge on any atom is -0.384 e. The van der Waals surface area contributed by atoms with Crippen molar-refractivity contribution in [2.45, 2.75) is 38.5 Å². The molecule has 2 atom stereocenters. The maximum absolute atomic E-state index is 13.2. The van der Waals surface area contributed by atoms with Crippen LogP contribution >= 0.6 is 0 Å². The van der Waals surface area contributed by atoms with Gasteiger partial charge in [0.2, 0.25) is 11.8 Å². The first-order valence-corrected chi connectivity index (χ1v) is 9.51. The van der Waals surface area contributed by atoms with Crippen molar-refractivity contribution in [2.24, 2.45) is 17.6 Å². The molecule has 27 heavy (non-hydrogen) atoms. The Bertz CT molecular complexity index is 774. The zero-order valence-corrected chi connectivity index (χ0v) is 15.3. The third-order valence-corrected chi connectivity index (χ3v) is 5.32. The van der Waals surface area contributed by atoms with Crippen molar-refractivity contribution in [1.29, 1.82) is 0 Å². The Balaban J connectivity index is 1.81. The second-order valence-corrected chi connectivity index (χ2v) is 7.16. The summed E-state index contributed by atoms with van der Waals surface area (Å²) >= 11 is 0. The molecule has 7 nitrogen and oxygen atoms in total. The second-order valence-electron chi connectivity index (χ2n) is 7.16. The number of fused-ring (bicyclic) bond motifs is 1. The van der Waals surface area contributed by atoms with Crippen LogP contribution in [0.4, 0.5) is 5.69 Å². The standard InChI is InChI=1S/C20H25N3O4/c21-9-2-1-3-10-22-15-6-4-5-13-16(24)11-14(19(26)18(13)15)12-7-8-17(25)23-20(12)27/h4-6,12,14,22H,1-3,7-11,21H2,(H,23,25,27). The summed E-state index contributed by atoms with van der Waals surface area (Å²) < 4.78 is 0. The number of nitrogens with one attached hydrogen (secondary N) is 2. The number of amides is 2. The molecule has 1 aromatic carbocycles. The lowest BCUT2D eigenvalue weighted by atomic mass is 9.72. The summed E-state index contributed by atoms with van der Waals surface area (Å²) in [7, 11) is 0. The van der Waals surface area contributed by atoms with E-state index in [2.05, 4.69) is 10.6 Å². The van der Waals surface area contributed by atoms with Crippen molar-refractivity contribution in [3.8, 4) is 0 Å². The number of nitrogens with two attached hydrogens (primary N) is 1. The normalized spacial score (nSPS) is 22.4. The summed E-state index contributed by atoms with van der Waals surface area (Å²) in [6.07, 6.45) is 3.37. The van der Waals surface area contributed by atoms with Crippen LogP contribution in [0, 0.1) is 11.8 Å². The van der Waals surface area contributed by atoms with Crippen LogP contribution in [0.25, 0.3) is 0 Å². The van der Waals surface area contributed by atoms with E-state index in [1.807, 2.05) is 0 Å². The fraction of sp³-hybridized carbons (Fsp3) is 0.500. The smallest absolute Gasteiger partial charge is 0.230 e. The van der Waals surface area contributed by atoms with Gasteiger partial charge in [-0.05, 0) is 31.9 Å². The Labute approximate surface area is 158 Å². The van der Waals surface area contributed by atoms with Crippen LogP contribution in [-0.4, -0.2) is 36.5 Å². The van der Waals surface area contributed by atoms with Crippen molar-refractivity contribution < 1.29 is 19.2 Å². The number of piperidine rings is 1. The maximum Gasteiger partial charge on any atom is 0.230 e. The van der Waals surface area contributed by atoms with Gasteiger partial charge in [-0.2, -0.15) is 0 Å².